The molecule has 1 aliphatic rings. The Bertz CT molecular complexity index is 1030. The molecule has 1 N–H and O–H groups in total. The van der Waals surface area contributed by atoms with E-state index < -0.39 is 28.3 Å². The predicted molar refractivity (Wildman–Crippen MR) is 105 cm³/mol. The van der Waals surface area contributed by atoms with E-state index in [1.54, 1.807) is 0 Å². The fourth-order valence-corrected chi connectivity index (χ4v) is 3.64. The van der Waals surface area contributed by atoms with Crippen molar-refractivity contribution in [1.29, 1.82) is 0 Å². The number of urea groups is 1. The minimum atomic E-state index is -4.55. The topological polar surface area (TPSA) is 98.2 Å². The van der Waals surface area contributed by atoms with Crippen LogP contribution in [0, 0.1) is 0 Å². The van der Waals surface area contributed by atoms with Crippen LogP contribution in [-0.2, 0) is 22.1 Å². The first kappa shape index (κ1) is 22.8. The number of quaternary nitrogens is 1. The highest BCUT2D eigenvalue weighted by atomic mass is 79.9. The van der Waals surface area contributed by atoms with Crippen molar-refractivity contribution in [2.45, 2.75) is 19.0 Å². The molecule has 12 heteroatoms. The number of alkyl halides is 3. The van der Waals surface area contributed by atoms with Gasteiger partial charge < -0.3 is 4.74 Å². The Hall–Kier alpha value is -2.86. The summed E-state index contributed by atoms with van der Waals surface area (Å²) < 4.78 is 42.8. The molecule has 3 rings (SSSR count). The molecular formula is C19H17BrF3N4O4+. The summed E-state index contributed by atoms with van der Waals surface area (Å²) in [6.07, 6.45) is -1.69. The zero-order valence-corrected chi connectivity index (χ0v) is 17.8. The first-order valence-electron chi connectivity index (χ1n) is 9.04. The Labute approximate surface area is 183 Å². The van der Waals surface area contributed by atoms with Crippen LogP contribution in [0.3, 0.4) is 0 Å². The lowest BCUT2D eigenvalue weighted by atomic mass is 9.98. The summed E-state index contributed by atoms with van der Waals surface area (Å²) in [6, 6.07) is 1.57. The maximum absolute atomic E-state index is 13.3. The molecule has 1 unspecified atom stereocenters. The number of imide groups is 1. The van der Waals surface area contributed by atoms with Crippen molar-refractivity contribution in [3.05, 3.63) is 51.4 Å². The van der Waals surface area contributed by atoms with Crippen LogP contribution in [0.4, 0.5) is 23.8 Å². The smallest absolute Gasteiger partial charge is 0.433 e. The molecule has 0 aromatic carbocycles. The monoisotopic (exact) mass is 501 g/mol. The van der Waals surface area contributed by atoms with Gasteiger partial charge in [0.2, 0.25) is 0 Å². The minimum absolute atomic E-state index is 0.0472. The highest BCUT2D eigenvalue weighted by molar-refractivity contribution is 9.10. The van der Waals surface area contributed by atoms with Crippen molar-refractivity contribution in [1.82, 2.24) is 9.97 Å². The molecule has 31 heavy (non-hydrogen) atoms. The number of halogens is 4. The number of hydrogen-bond donors (Lipinski definition) is 1. The number of hydrogen-bond acceptors (Lipinski definition) is 6. The highest BCUT2D eigenvalue weighted by Gasteiger charge is 2.48. The lowest BCUT2D eigenvalue weighted by Crippen LogP contribution is -2.59. The zero-order chi connectivity index (χ0) is 22.8. The second kappa shape index (κ2) is 8.71. The normalized spacial score (nSPS) is 18.4. The summed E-state index contributed by atoms with van der Waals surface area (Å²) in [6.45, 7) is 0.405. The molecule has 8 nitrogen and oxygen atoms in total. The van der Waals surface area contributed by atoms with E-state index in [0.717, 1.165) is 12.3 Å². The fraction of sp³-hybridized carbons (Fsp3) is 0.316. The fourth-order valence-electron chi connectivity index (χ4n) is 3.20. The van der Waals surface area contributed by atoms with Crippen LogP contribution in [0.1, 0.15) is 33.6 Å². The van der Waals surface area contributed by atoms with Crippen molar-refractivity contribution in [3.8, 4) is 0 Å². The van der Waals surface area contributed by atoms with E-state index in [1.165, 1.54) is 19.3 Å². The number of fused-ring (bicyclic) bond motifs is 1. The number of ether oxygens (including phenoxy) is 1. The van der Waals surface area contributed by atoms with Gasteiger partial charge in [-0.25, -0.2) is 14.6 Å². The highest BCUT2D eigenvalue weighted by Crippen LogP contribution is 2.34. The Kier molecular flexibility index (Phi) is 6.41. The van der Waals surface area contributed by atoms with Crippen LogP contribution in [-0.4, -0.2) is 53.1 Å². The van der Waals surface area contributed by atoms with Gasteiger partial charge in [0.25, 0.3) is 6.47 Å². The van der Waals surface area contributed by atoms with E-state index >= 15 is 0 Å². The molecule has 164 valence electrons. The number of pyridine rings is 2. The molecule has 0 spiro atoms. The molecule has 2 aromatic rings. The second-order valence-corrected chi connectivity index (χ2v) is 7.86. The van der Waals surface area contributed by atoms with Gasteiger partial charge in [-0.3, -0.25) is 15.1 Å². The lowest BCUT2D eigenvalue weighted by molar-refractivity contribution is -0.743. The number of aromatic nitrogens is 2. The Balaban J connectivity index is 1.95. The van der Waals surface area contributed by atoms with Gasteiger partial charge in [0, 0.05) is 29.7 Å². The van der Waals surface area contributed by atoms with Gasteiger partial charge >= 0.3 is 18.1 Å². The van der Waals surface area contributed by atoms with E-state index in [0.29, 0.717) is 15.6 Å². The largest absolute Gasteiger partial charge is 0.468 e. The quantitative estimate of drug-likeness (QED) is 0.354. The number of amides is 3. The van der Waals surface area contributed by atoms with E-state index in [1.807, 2.05) is 0 Å². The van der Waals surface area contributed by atoms with E-state index in [4.69, 9.17) is 0 Å². The van der Waals surface area contributed by atoms with Crippen molar-refractivity contribution >= 4 is 40.2 Å². The summed E-state index contributed by atoms with van der Waals surface area (Å²) in [5.74, 6) is -0.443. The molecular weight excluding hydrogens is 485 g/mol. The Morgan fingerprint density at radius 3 is 2.58 bits per heavy atom. The van der Waals surface area contributed by atoms with Gasteiger partial charge in [-0.2, -0.15) is 17.7 Å². The van der Waals surface area contributed by atoms with Crippen LogP contribution in [0.5, 0.6) is 0 Å². The average molecular weight is 502 g/mol. The summed E-state index contributed by atoms with van der Waals surface area (Å²) in [5.41, 5.74) is 0.0512. The van der Waals surface area contributed by atoms with Crippen LogP contribution in [0.25, 0.3) is 0 Å². The molecule has 0 fully saturated rings. The third kappa shape index (κ3) is 4.59. The maximum atomic E-state index is 13.3. The summed E-state index contributed by atoms with van der Waals surface area (Å²) in [7, 11) is 1.44. The van der Waals surface area contributed by atoms with Crippen molar-refractivity contribution in [2.75, 3.05) is 25.5 Å². The molecule has 0 bridgehead atoms. The van der Waals surface area contributed by atoms with Crippen LogP contribution in [0.2, 0.25) is 0 Å². The van der Waals surface area contributed by atoms with E-state index in [9.17, 15) is 27.6 Å². The van der Waals surface area contributed by atoms with Gasteiger partial charge in [0.05, 0.1) is 20.2 Å². The number of carbonyl (C=O) groups is 3. The van der Waals surface area contributed by atoms with Gasteiger partial charge in [0.15, 0.2) is 5.82 Å². The Morgan fingerprint density at radius 1 is 1.23 bits per heavy atom. The molecule has 2 aromatic heterocycles. The first-order chi connectivity index (χ1) is 14.6. The number of carbonyl (C=O) groups excluding carboxylic acids is 3. The summed E-state index contributed by atoms with van der Waals surface area (Å²) >= 11 is 3.34. The summed E-state index contributed by atoms with van der Waals surface area (Å²) in [4.78, 5) is 43.8. The van der Waals surface area contributed by atoms with Crippen LogP contribution >= 0.6 is 15.9 Å². The third-order valence-electron chi connectivity index (χ3n) is 4.90. The SMILES string of the molecule is C[N+]1(CCCOC=O)C(=O)Nc2ncc(Br)c(Cc3ccc(C(F)(F)F)nc3)c2C1=O. The van der Waals surface area contributed by atoms with Crippen LogP contribution in [0.15, 0.2) is 29.0 Å². The first-order valence-corrected chi connectivity index (χ1v) is 9.84. The Morgan fingerprint density at radius 2 is 1.97 bits per heavy atom. The third-order valence-corrected chi connectivity index (χ3v) is 5.58. The van der Waals surface area contributed by atoms with Crippen LogP contribution < -0.4 is 5.32 Å². The van der Waals surface area contributed by atoms with Crippen molar-refractivity contribution in [2.24, 2.45) is 0 Å². The number of anilines is 1. The number of nitrogens with zero attached hydrogens (tertiary/aromatic N) is 3. The molecule has 0 radical (unpaired) electrons. The second-order valence-electron chi connectivity index (χ2n) is 7.01. The predicted octanol–water partition coefficient (Wildman–Crippen LogP) is 3.54. The minimum Gasteiger partial charge on any atom is -0.468 e. The molecule has 0 saturated carbocycles. The standard InChI is InChI=1S/C19H16BrF3N4O4/c1-27(5-2-6-31-10-28)17(29)15-12(13(20)9-25-16(15)26-18(27)30)7-11-3-4-14(24-8-11)19(21,22)23/h3-4,8-10H,2,5-7H2,1H3/p+1. The van der Waals surface area contributed by atoms with E-state index in [-0.39, 0.29) is 43.8 Å². The molecule has 3 amide bonds. The number of nitrogens with one attached hydrogen (secondary N) is 1. The lowest BCUT2D eigenvalue weighted by Gasteiger charge is -2.33. The zero-order valence-electron chi connectivity index (χ0n) is 16.2. The van der Waals surface area contributed by atoms with E-state index in [2.05, 4.69) is 36.0 Å². The molecule has 1 atom stereocenters. The van der Waals surface area contributed by atoms with Crippen molar-refractivity contribution < 1.29 is 36.8 Å². The number of rotatable bonds is 7. The molecule has 0 aliphatic carbocycles. The van der Waals surface area contributed by atoms with Gasteiger partial charge in [-0.1, -0.05) is 6.07 Å². The molecule has 1 aliphatic heterocycles. The molecule has 3 heterocycles. The van der Waals surface area contributed by atoms with Gasteiger partial charge in [-0.15, -0.1) is 0 Å². The maximum Gasteiger partial charge on any atom is 0.433 e. The molecule has 0 saturated heterocycles. The van der Waals surface area contributed by atoms with Crippen molar-refractivity contribution in [3.63, 3.8) is 0 Å². The van der Waals surface area contributed by atoms with Gasteiger partial charge in [0.1, 0.15) is 11.3 Å². The summed E-state index contributed by atoms with van der Waals surface area (Å²) in [5, 5.41) is 2.61. The van der Waals surface area contributed by atoms with Gasteiger partial charge in [-0.05, 0) is 33.1 Å². The average Bonchev–Trinajstić information content (AvgIpc) is 2.72.